The number of carbonyl (C=O) groups excluding carboxylic acids is 3. The van der Waals surface area contributed by atoms with Crippen molar-refractivity contribution in [1.82, 2.24) is 14.5 Å². The Kier molecular flexibility index (Phi) is 5.47. The van der Waals surface area contributed by atoms with Crippen molar-refractivity contribution < 1.29 is 27.5 Å². The van der Waals surface area contributed by atoms with Crippen LogP contribution in [0.15, 0.2) is 29.2 Å². The van der Waals surface area contributed by atoms with E-state index in [0.29, 0.717) is 19.6 Å². The van der Waals surface area contributed by atoms with E-state index >= 15 is 0 Å². The van der Waals surface area contributed by atoms with E-state index in [1.807, 2.05) is 0 Å². The second kappa shape index (κ2) is 7.65. The van der Waals surface area contributed by atoms with Gasteiger partial charge in [-0.3, -0.25) is 9.69 Å². The Morgan fingerprint density at radius 3 is 2.30 bits per heavy atom. The summed E-state index contributed by atoms with van der Waals surface area (Å²) in [4.78, 5) is 37.0. The lowest BCUT2D eigenvalue weighted by Crippen LogP contribution is -2.41. The molecule has 27 heavy (non-hydrogen) atoms. The highest BCUT2D eigenvalue weighted by atomic mass is 32.2. The minimum absolute atomic E-state index is 0.110. The quantitative estimate of drug-likeness (QED) is 0.729. The summed E-state index contributed by atoms with van der Waals surface area (Å²) in [5, 5.41) is 2.50. The maximum atomic E-state index is 12.5. The van der Waals surface area contributed by atoms with Crippen LogP contribution in [0.3, 0.4) is 0 Å². The summed E-state index contributed by atoms with van der Waals surface area (Å²) in [7, 11) is -3.56. The van der Waals surface area contributed by atoms with Gasteiger partial charge in [0.25, 0.3) is 5.91 Å². The summed E-state index contributed by atoms with van der Waals surface area (Å²) < 4.78 is 31.5. The number of carbonyl (C=O) groups is 3. The molecule has 3 rings (SSSR count). The Bertz CT molecular complexity index is 846. The highest BCUT2D eigenvalue weighted by molar-refractivity contribution is 7.89. The molecule has 0 radical (unpaired) electrons. The number of imide groups is 1. The molecular formula is C17H21N3O6S. The van der Waals surface area contributed by atoms with Crippen molar-refractivity contribution in [2.75, 3.05) is 26.2 Å². The normalized spacial score (nSPS) is 19.0. The first kappa shape index (κ1) is 19.3. The van der Waals surface area contributed by atoms with Crippen LogP contribution < -0.4 is 5.32 Å². The van der Waals surface area contributed by atoms with Crippen LogP contribution in [-0.2, 0) is 19.6 Å². The molecule has 2 saturated heterocycles. The van der Waals surface area contributed by atoms with Crippen LogP contribution in [0.25, 0.3) is 0 Å². The smallest absolute Gasteiger partial charge is 0.338 e. The number of benzene rings is 1. The summed E-state index contributed by atoms with van der Waals surface area (Å²) in [6.07, 6.45) is 0.546. The molecule has 1 atom stereocenters. The lowest BCUT2D eigenvalue weighted by Gasteiger charge is -2.18. The minimum Gasteiger partial charge on any atom is -0.449 e. The fourth-order valence-electron chi connectivity index (χ4n) is 3.02. The van der Waals surface area contributed by atoms with Crippen LogP contribution in [0, 0.1) is 0 Å². The van der Waals surface area contributed by atoms with Crippen LogP contribution in [-0.4, -0.2) is 67.8 Å². The Morgan fingerprint density at radius 2 is 1.74 bits per heavy atom. The molecule has 146 valence electrons. The van der Waals surface area contributed by atoms with Crippen LogP contribution >= 0.6 is 0 Å². The second-order valence-corrected chi connectivity index (χ2v) is 8.34. The first-order valence-corrected chi connectivity index (χ1v) is 10.1. The topological polar surface area (TPSA) is 113 Å². The fraction of sp³-hybridized carbons (Fsp3) is 0.471. The molecular weight excluding hydrogens is 374 g/mol. The molecule has 2 fully saturated rings. The van der Waals surface area contributed by atoms with E-state index in [4.69, 9.17) is 4.74 Å². The number of amides is 3. The highest BCUT2D eigenvalue weighted by Crippen LogP contribution is 2.21. The maximum Gasteiger partial charge on any atom is 0.338 e. The zero-order valence-corrected chi connectivity index (χ0v) is 15.7. The molecule has 0 aromatic heterocycles. The van der Waals surface area contributed by atoms with Gasteiger partial charge < -0.3 is 10.1 Å². The van der Waals surface area contributed by atoms with Crippen LogP contribution in [0.2, 0.25) is 0 Å². The zero-order valence-electron chi connectivity index (χ0n) is 14.9. The van der Waals surface area contributed by atoms with E-state index in [1.165, 1.54) is 35.5 Å². The van der Waals surface area contributed by atoms with Crippen molar-refractivity contribution in [3.05, 3.63) is 29.8 Å². The van der Waals surface area contributed by atoms with Gasteiger partial charge in [0.15, 0.2) is 6.10 Å². The number of sulfonamides is 1. The van der Waals surface area contributed by atoms with Crippen LogP contribution in [0.1, 0.15) is 30.1 Å². The van der Waals surface area contributed by atoms with Gasteiger partial charge in [-0.1, -0.05) is 0 Å². The molecule has 1 aromatic rings. The third-order valence-electron chi connectivity index (χ3n) is 4.55. The van der Waals surface area contributed by atoms with E-state index in [-0.39, 0.29) is 17.0 Å². The largest absolute Gasteiger partial charge is 0.449 e. The van der Waals surface area contributed by atoms with Gasteiger partial charge in [0.05, 0.1) is 10.5 Å². The van der Waals surface area contributed by atoms with Gasteiger partial charge in [-0.05, 0) is 44.0 Å². The molecule has 0 bridgehead atoms. The number of hydrogen-bond donors (Lipinski definition) is 1. The molecule has 1 N–H and O–H groups in total. The summed E-state index contributed by atoms with van der Waals surface area (Å²) in [6, 6.07) is 4.89. The third-order valence-corrected chi connectivity index (χ3v) is 6.46. The van der Waals surface area contributed by atoms with Gasteiger partial charge in [0, 0.05) is 26.2 Å². The van der Waals surface area contributed by atoms with Crippen molar-refractivity contribution in [1.29, 1.82) is 0 Å². The average Bonchev–Trinajstić information content (AvgIpc) is 3.33. The third kappa shape index (κ3) is 3.96. The molecule has 2 aliphatic rings. The average molecular weight is 395 g/mol. The second-order valence-electron chi connectivity index (χ2n) is 6.40. The fourth-order valence-corrected chi connectivity index (χ4v) is 4.54. The Morgan fingerprint density at radius 1 is 1.11 bits per heavy atom. The number of nitrogens with one attached hydrogen (secondary N) is 1. The van der Waals surface area contributed by atoms with Gasteiger partial charge in [-0.2, -0.15) is 4.31 Å². The summed E-state index contributed by atoms with van der Waals surface area (Å²) >= 11 is 0. The zero-order chi connectivity index (χ0) is 19.6. The molecule has 9 nitrogen and oxygen atoms in total. The van der Waals surface area contributed by atoms with E-state index < -0.39 is 34.0 Å². The van der Waals surface area contributed by atoms with Crippen LogP contribution in [0.4, 0.5) is 4.79 Å². The lowest BCUT2D eigenvalue weighted by molar-refractivity contribution is -0.136. The first-order chi connectivity index (χ1) is 12.8. The van der Waals surface area contributed by atoms with Crippen molar-refractivity contribution in [2.24, 2.45) is 0 Å². The Balaban J connectivity index is 1.65. The number of rotatable bonds is 5. The van der Waals surface area contributed by atoms with Crippen molar-refractivity contribution in [3.63, 3.8) is 0 Å². The Labute approximate surface area is 157 Å². The van der Waals surface area contributed by atoms with Crippen LogP contribution in [0.5, 0.6) is 0 Å². The summed E-state index contributed by atoms with van der Waals surface area (Å²) in [5.41, 5.74) is 0.126. The molecule has 0 aliphatic carbocycles. The number of urea groups is 1. The van der Waals surface area contributed by atoms with Crippen molar-refractivity contribution in [2.45, 2.75) is 30.8 Å². The number of ether oxygens (including phenoxy) is 1. The van der Waals surface area contributed by atoms with E-state index in [0.717, 1.165) is 17.7 Å². The number of nitrogens with zero attached hydrogens (tertiary/aromatic N) is 2. The van der Waals surface area contributed by atoms with Crippen molar-refractivity contribution in [3.8, 4) is 0 Å². The minimum atomic E-state index is -3.56. The molecule has 10 heteroatoms. The molecule has 0 spiro atoms. The standard InChI is InChI=1S/C17H21N3O6S/c1-12(15(21)20-11-8-18-17(20)23)26-16(22)13-4-6-14(7-5-13)27(24,25)19-9-2-3-10-19/h4-7,12H,2-3,8-11H2,1H3,(H,18,23). The van der Waals surface area contributed by atoms with Gasteiger partial charge in [0.1, 0.15) is 0 Å². The highest BCUT2D eigenvalue weighted by Gasteiger charge is 2.32. The summed E-state index contributed by atoms with van der Waals surface area (Å²) in [6.45, 7) is 2.96. The molecule has 2 aliphatic heterocycles. The molecule has 1 aromatic carbocycles. The SMILES string of the molecule is CC(OC(=O)c1ccc(S(=O)(=O)N2CCCC2)cc1)C(=O)N1CCNC1=O. The van der Waals surface area contributed by atoms with Gasteiger partial charge in [-0.15, -0.1) is 0 Å². The molecule has 3 amide bonds. The predicted octanol–water partition coefficient (Wildman–Crippen LogP) is 0.568. The Hall–Kier alpha value is -2.46. The molecule has 0 saturated carbocycles. The van der Waals surface area contributed by atoms with Gasteiger partial charge in [0.2, 0.25) is 10.0 Å². The number of esters is 1. The van der Waals surface area contributed by atoms with E-state index in [1.54, 1.807) is 0 Å². The molecule has 2 heterocycles. The predicted molar refractivity (Wildman–Crippen MR) is 94.4 cm³/mol. The maximum absolute atomic E-state index is 12.5. The van der Waals surface area contributed by atoms with Crippen molar-refractivity contribution >= 4 is 27.9 Å². The van der Waals surface area contributed by atoms with Gasteiger partial charge in [-0.25, -0.2) is 18.0 Å². The monoisotopic (exact) mass is 395 g/mol. The number of hydrogen-bond acceptors (Lipinski definition) is 6. The summed E-state index contributed by atoms with van der Waals surface area (Å²) in [5.74, 6) is -1.37. The lowest BCUT2D eigenvalue weighted by atomic mass is 10.2. The van der Waals surface area contributed by atoms with E-state index in [2.05, 4.69) is 5.32 Å². The molecule has 1 unspecified atom stereocenters. The first-order valence-electron chi connectivity index (χ1n) is 8.71. The van der Waals surface area contributed by atoms with E-state index in [9.17, 15) is 22.8 Å². The van der Waals surface area contributed by atoms with Gasteiger partial charge >= 0.3 is 12.0 Å².